The predicted molar refractivity (Wildman–Crippen MR) is 53.4 cm³/mol. The first-order chi connectivity index (χ1) is 6.68. The van der Waals surface area contributed by atoms with Crippen LogP contribution in [0.2, 0.25) is 0 Å². The second kappa shape index (κ2) is 3.11. The van der Waals surface area contributed by atoms with Crippen molar-refractivity contribution in [3.63, 3.8) is 0 Å². The zero-order chi connectivity index (χ0) is 10.2. The van der Waals surface area contributed by atoms with Gasteiger partial charge in [0, 0.05) is 0 Å². The Balaban J connectivity index is 2.48. The maximum Gasteiger partial charge on any atom is 0.106 e. The molecule has 1 aromatic rings. The molecule has 0 fully saturated rings. The summed E-state index contributed by atoms with van der Waals surface area (Å²) in [6, 6.07) is 9.98. The van der Waals surface area contributed by atoms with Crippen LogP contribution < -0.4 is 0 Å². The van der Waals surface area contributed by atoms with Crippen LogP contribution in [0.3, 0.4) is 0 Å². The van der Waals surface area contributed by atoms with Crippen molar-refractivity contribution in [3.05, 3.63) is 35.4 Å². The number of aryl methyl sites for hydroxylation is 1. The fourth-order valence-corrected chi connectivity index (χ4v) is 2.18. The van der Waals surface area contributed by atoms with Crippen molar-refractivity contribution in [2.45, 2.75) is 25.4 Å². The van der Waals surface area contributed by atoms with Gasteiger partial charge in [0.05, 0.1) is 12.0 Å². The molecule has 0 bridgehead atoms. The van der Waals surface area contributed by atoms with Crippen LogP contribution in [0.1, 0.15) is 24.5 Å². The SMILES string of the molecule is CC(C#N)C1(O)CCc2ccccc21. The first kappa shape index (κ1) is 9.23. The molecule has 1 N–H and O–H groups in total. The zero-order valence-electron chi connectivity index (χ0n) is 8.20. The predicted octanol–water partition coefficient (Wildman–Crippen LogP) is 1.98. The van der Waals surface area contributed by atoms with E-state index in [0.29, 0.717) is 6.42 Å². The molecule has 0 saturated heterocycles. The quantitative estimate of drug-likeness (QED) is 0.730. The van der Waals surface area contributed by atoms with Gasteiger partial charge in [0.15, 0.2) is 0 Å². The lowest BCUT2D eigenvalue weighted by Gasteiger charge is -2.26. The lowest BCUT2D eigenvalue weighted by Crippen LogP contribution is -2.29. The summed E-state index contributed by atoms with van der Waals surface area (Å²) in [5.74, 6) is -0.342. The Hall–Kier alpha value is -1.33. The molecular weight excluding hydrogens is 174 g/mol. The second-order valence-electron chi connectivity index (χ2n) is 3.93. The lowest BCUT2D eigenvalue weighted by molar-refractivity contribution is 0.00549. The number of hydrogen-bond acceptors (Lipinski definition) is 2. The van der Waals surface area contributed by atoms with E-state index in [4.69, 9.17) is 5.26 Å². The molecule has 0 saturated carbocycles. The Labute approximate surface area is 83.8 Å². The number of fused-ring (bicyclic) bond motifs is 1. The molecule has 2 atom stereocenters. The van der Waals surface area contributed by atoms with Crippen molar-refractivity contribution in [2.24, 2.45) is 5.92 Å². The van der Waals surface area contributed by atoms with Crippen LogP contribution >= 0.6 is 0 Å². The van der Waals surface area contributed by atoms with E-state index in [2.05, 4.69) is 6.07 Å². The summed E-state index contributed by atoms with van der Waals surface area (Å²) >= 11 is 0. The number of nitrogens with zero attached hydrogens (tertiary/aromatic N) is 1. The molecule has 0 aliphatic heterocycles. The van der Waals surface area contributed by atoms with Crippen molar-refractivity contribution in [1.82, 2.24) is 0 Å². The molecule has 0 radical (unpaired) electrons. The van der Waals surface area contributed by atoms with Gasteiger partial charge >= 0.3 is 0 Å². The van der Waals surface area contributed by atoms with E-state index in [1.165, 1.54) is 5.56 Å². The van der Waals surface area contributed by atoms with Crippen molar-refractivity contribution in [1.29, 1.82) is 5.26 Å². The monoisotopic (exact) mass is 187 g/mol. The van der Waals surface area contributed by atoms with E-state index in [-0.39, 0.29) is 5.92 Å². The van der Waals surface area contributed by atoms with E-state index in [1.54, 1.807) is 6.92 Å². The molecule has 0 spiro atoms. The molecule has 2 nitrogen and oxygen atoms in total. The van der Waals surface area contributed by atoms with Gasteiger partial charge in [0.2, 0.25) is 0 Å². The minimum Gasteiger partial charge on any atom is -0.384 e. The fraction of sp³-hybridized carbons (Fsp3) is 0.417. The summed E-state index contributed by atoms with van der Waals surface area (Å²) in [4.78, 5) is 0. The van der Waals surface area contributed by atoms with Crippen LogP contribution in [-0.2, 0) is 12.0 Å². The third-order valence-corrected chi connectivity index (χ3v) is 3.17. The van der Waals surface area contributed by atoms with Crippen LogP contribution in [0.25, 0.3) is 0 Å². The first-order valence-corrected chi connectivity index (χ1v) is 4.89. The standard InChI is InChI=1S/C12H13NO/c1-9(8-13)12(14)7-6-10-4-2-3-5-11(10)12/h2-5,9,14H,6-7H2,1H3. The Morgan fingerprint density at radius 1 is 1.50 bits per heavy atom. The summed E-state index contributed by atoms with van der Waals surface area (Å²) in [6.45, 7) is 1.78. The Kier molecular flexibility index (Phi) is 2.05. The Bertz CT molecular complexity index is 394. The van der Waals surface area contributed by atoms with E-state index < -0.39 is 5.60 Å². The largest absolute Gasteiger partial charge is 0.384 e. The first-order valence-electron chi connectivity index (χ1n) is 4.89. The summed E-state index contributed by atoms with van der Waals surface area (Å²) < 4.78 is 0. The van der Waals surface area contributed by atoms with E-state index in [0.717, 1.165) is 12.0 Å². The van der Waals surface area contributed by atoms with Crippen LogP contribution in [-0.4, -0.2) is 5.11 Å². The van der Waals surface area contributed by atoms with Crippen molar-refractivity contribution >= 4 is 0 Å². The maximum absolute atomic E-state index is 10.4. The molecule has 2 unspecified atom stereocenters. The number of nitriles is 1. The minimum absolute atomic E-state index is 0.342. The molecule has 0 amide bonds. The molecule has 0 heterocycles. The number of aliphatic hydroxyl groups is 1. The van der Waals surface area contributed by atoms with Gasteiger partial charge < -0.3 is 5.11 Å². The van der Waals surface area contributed by atoms with Crippen LogP contribution in [0, 0.1) is 17.2 Å². The van der Waals surface area contributed by atoms with Crippen molar-refractivity contribution < 1.29 is 5.11 Å². The highest BCUT2D eigenvalue weighted by Gasteiger charge is 2.41. The summed E-state index contributed by atoms with van der Waals surface area (Å²) in [7, 11) is 0. The lowest BCUT2D eigenvalue weighted by atomic mass is 9.84. The van der Waals surface area contributed by atoms with Crippen LogP contribution in [0.5, 0.6) is 0 Å². The van der Waals surface area contributed by atoms with Gasteiger partial charge in [-0.15, -0.1) is 0 Å². The molecule has 1 aromatic carbocycles. The molecule has 1 aliphatic carbocycles. The highest BCUT2D eigenvalue weighted by atomic mass is 16.3. The number of hydrogen-bond donors (Lipinski definition) is 1. The molecular formula is C12H13NO. The maximum atomic E-state index is 10.4. The van der Waals surface area contributed by atoms with E-state index in [9.17, 15) is 5.11 Å². The molecule has 1 aliphatic rings. The number of benzene rings is 1. The average Bonchev–Trinajstić information content (AvgIpc) is 2.58. The molecule has 72 valence electrons. The van der Waals surface area contributed by atoms with E-state index in [1.807, 2.05) is 24.3 Å². The van der Waals surface area contributed by atoms with Gasteiger partial charge in [0.1, 0.15) is 5.60 Å². The van der Waals surface area contributed by atoms with Crippen LogP contribution in [0.15, 0.2) is 24.3 Å². The van der Waals surface area contributed by atoms with Gasteiger partial charge in [-0.25, -0.2) is 0 Å². The summed E-state index contributed by atoms with van der Waals surface area (Å²) in [5.41, 5.74) is 1.19. The van der Waals surface area contributed by atoms with Gasteiger partial charge in [0.25, 0.3) is 0 Å². The van der Waals surface area contributed by atoms with Gasteiger partial charge in [-0.3, -0.25) is 0 Å². The minimum atomic E-state index is -0.925. The summed E-state index contributed by atoms with van der Waals surface area (Å²) in [5, 5.41) is 19.3. The normalized spacial score (nSPS) is 26.6. The average molecular weight is 187 g/mol. The highest BCUT2D eigenvalue weighted by Crippen LogP contribution is 2.41. The third kappa shape index (κ3) is 1.13. The fourth-order valence-electron chi connectivity index (χ4n) is 2.18. The van der Waals surface area contributed by atoms with Crippen LogP contribution in [0.4, 0.5) is 0 Å². The van der Waals surface area contributed by atoms with Gasteiger partial charge in [-0.1, -0.05) is 24.3 Å². The van der Waals surface area contributed by atoms with Gasteiger partial charge in [-0.2, -0.15) is 5.26 Å². The molecule has 14 heavy (non-hydrogen) atoms. The van der Waals surface area contributed by atoms with Gasteiger partial charge in [-0.05, 0) is 30.9 Å². The third-order valence-electron chi connectivity index (χ3n) is 3.17. The highest BCUT2D eigenvalue weighted by molar-refractivity contribution is 5.38. The summed E-state index contributed by atoms with van der Waals surface area (Å²) in [6.07, 6.45) is 1.54. The zero-order valence-corrected chi connectivity index (χ0v) is 8.20. The number of rotatable bonds is 1. The van der Waals surface area contributed by atoms with E-state index >= 15 is 0 Å². The Morgan fingerprint density at radius 2 is 2.21 bits per heavy atom. The Morgan fingerprint density at radius 3 is 2.93 bits per heavy atom. The molecule has 0 aromatic heterocycles. The molecule has 2 rings (SSSR count). The van der Waals surface area contributed by atoms with Crippen molar-refractivity contribution in [3.8, 4) is 6.07 Å². The van der Waals surface area contributed by atoms with Crippen molar-refractivity contribution in [2.75, 3.05) is 0 Å². The molecule has 2 heteroatoms. The second-order valence-corrected chi connectivity index (χ2v) is 3.93. The topological polar surface area (TPSA) is 44.0 Å². The smallest absolute Gasteiger partial charge is 0.106 e.